The van der Waals surface area contributed by atoms with Gasteiger partial charge in [0.15, 0.2) is 0 Å². The molecule has 2 nitrogen and oxygen atoms in total. The van der Waals surface area contributed by atoms with Gasteiger partial charge in [-0.1, -0.05) is 26.2 Å². The van der Waals surface area contributed by atoms with Gasteiger partial charge >= 0.3 is 0 Å². The van der Waals surface area contributed by atoms with Gasteiger partial charge in [0.1, 0.15) is 0 Å². The second-order valence-electron chi connectivity index (χ2n) is 6.13. The van der Waals surface area contributed by atoms with E-state index in [0.29, 0.717) is 0 Å². The number of likely N-dealkylation sites (tertiary alicyclic amines) is 1. The fourth-order valence-corrected chi connectivity index (χ4v) is 3.67. The molecule has 2 aliphatic rings. The van der Waals surface area contributed by atoms with E-state index in [9.17, 15) is 0 Å². The first-order valence-corrected chi connectivity index (χ1v) is 7.77. The maximum Gasteiger partial charge on any atom is 0.00939 e. The van der Waals surface area contributed by atoms with E-state index in [1.165, 1.54) is 58.0 Å². The minimum Gasteiger partial charge on any atom is -0.314 e. The Morgan fingerprint density at radius 3 is 2.53 bits per heavy atom. The molecule has 2 rings (SSSR count). The van der Waals surface area contributed by atoms with Crippen molar-refractivity contribution in [3.63, 3.8) is 0 Å². The Kier molecular flexibility index (Phi) is 5.30. The molecule has 1 saturated heterocycles. The van der Waals surface area contributed by atoms with E-state index in [2.05, 4.69) is 24.1 Å². The minimum absolute atomic E-state index is 0.776. The molecule has 0 bridgehead atoms. The van der Waals surface area contributed by atoms with E-state index in [1.54, 1.807) is 0 Å². The monoisotopic (exact) mass is 238 g/mol. The van der Waals surface area contributed by atoms with Crippen molar-refractivity contribution < 1.29 is 0 Å². The Hall–Kier alpha value is -0.0800. The number of hydrogen-bond donors (Lipinski definition) is 1. The highest BCUT2D eigenvalue weighted by molar-refractivity contribution is 4.84. The van der Waals surface area contributed by atoms with Gasteiger partial charge in [-0.15, -0.1) is 0 Å². The van der Waals surface area contributed by atoms with E-state index < -0.39 is 0 Å². The Balaban J connectivity index is 1.74. The Labute approximate surface area is 107 Å². The predicted octanol–water partition coefficient (Wildman–Crippen LogP) is 3.03. The van der Waals surface area contributed by atoms with Crippen LogP contribution in [0.1, 0.15) is 58.8 Å². The standard InChI is InChI=1S/C15H30N2/c1-3-16-15-9-10-17(13(2)11-15)12-14-7-5-4-6-8-14/h13-16H,3-12H2,1-2H3. The van der Waals surface area contributed by atoms with Crippen molar-refractivity contribution in [2.75, 3.05) is 19.6 Å². The van der Waals surface area contributed by atoms with Crippen molar-refractivity contribution in [1.29, 1.82) is 0 Å². The molecule has 2 heteroatoms. The fourth-order valence-electron chi connectivity index (χ4n) is 3.67. The van der Waals surface area contributed by atoms with Crippen LogP contribution in [0.15, 0.2) is 0 Å². The van der Waals surface area contributed by atoms with Crippen LogP contribution in [0.4, 0.5) is 0 Å². The van der Waals surface area contributed by atoms with Gasteiger partial charge in [0, 0.05) is 18.6 Å². The van der Waals surface area contributed by atoms with Gasteiger partial charge in [-0.3, -0.25) is 0 Å². The van der Waals surface area contributed by atoms with Gasteiger partial charge in [-0.25, -0.2) is 0 Å². The summed E-state index contributed by atoms with van der Waals surface area (Å²) in [5.41, 5.74) is 0. The first-order chi connectivity index (χ1) is 8.29. The van der Waals surface area contributed by atoms with Crippen molar-refractivity contribution in [2.24, 2.45) is 5.92 Å². The van der Waals surface area contributed by atoms with Gasteiger partial charge in [-0.2, -0.15) is 0 Å². The number of rotatable bonds is 4. The first kappa shape index (κ1) is 13.4. The van der Waals surface area contributed by atoms with Crippen molar-refractivity contribution in [3.8, 4) is 0 Å². The summed E-state index contributed by atoms with van der Waals surface area (Å²) < 4.78 is 0. The fraction of sp³-hybridized carbons (Fsp3) is 1.00. The Morgan fingerprint density at radius 2 is 1.88 bits per heavy atom. The lowest BCUT2D eigenvalue weighted by molar-refractivity contribution is 0.106. The van der Waals surface area contributed by atoms with Crippen LogP contribution in [0.25, 0.3) is 0 Å². The molecule has 1 aliphatic heterocycles. The van der Waals surface area contributed by atoms with Crippen molar-refractivity contribution in [2.45, 2.75) is 70.9 Å². The van der Waals surface area contributed by atoms with E-state index >= 15 is 0 Å². The zero-order valence-electron chi connectivity index (χ0n) is 11.8. The molecular weight excluding hydrogens is 208 g/mol. The number of hydrogen-bond acceptors (Lipinski definition) is 2. The van der Waals surface area contributed by atoms with E-state index in [4.69, 9.17) is 0 Å². The predicted molar refractivity (Wildman–Crippen MR) is 74.3 cm³/mol. The number of piperidine rings is 1. The molecule has 100 valence electrons. The second-order valence-corrected chi connectivity index (χ2v) is 6.13. The van der Waals surface area contributed by atoms with E-state index in [0.717, 1.165) is 24.5 Å². The molecular formula is C15H30N2. The normalized spacial score (nSPS) is 32.8. The van der Waals surface area contributed by atoms with Gasteiger partial charge in [-0.05, 0) is 51.6 Å². The third-order valence-corrected chi connectivity index (χ3v) is 4.72. The van der Waals surface area contributed by atoms with Gasteiger partial charge in [0.05, 0.1) is 0 Å². The minimum atomic E-state index is 0.776. The van der Waals surface area contributed by atoms with Crippen LogP contribution in [0.3, 0.4) is 0 Å². The molecule has 0 aromatic heterocycles. The topological polar surface area (TPSA) is 15.3 Å². The number of nitrogens with one attached hydrogen (secondary N) is 1. The highest BCUT2D eigenvalue weighted by atomic mass is 15.2. The maximum atomic E-state index is 3.61. The van der Waals surface area contributed by atoms with Crippen LogP contribution in [0, 0.1) is 5.92 Å². The summed E-state index contributed by atoms with van der Waals surface area (Å²) in [5.74, 6) is 1.00. The van der Waals surface area contributed by atoms with Crippen LogP contribution in [0.5, 0.6) is 0 Å². The molecule has 2 fully saturated rings. The third kappa shape index (κ3) is 3.96. The molecule has 17 heavy (non-hydrogen) atoms. The van der Waals surface area contributed by atoms with Gasteiger partial charge < -0.3 is 10.2 Å². The molecule has 0 aromatic rings. The lowest BCUT2D eigenvalue weighted by atomic mass is 9.87. The zero-order chi connectivity index (χ0) is 12.1. The summed E-state index contributed by atoms with van der Waals surface area (Å²) >= 11 is 0. The molecule has 0 spiro atoms. The van der Waals surface area contributed by atoms with Crippen molar-refractivity contribution >= 4 is 0 Å². The SMILES string of the molecule is CCNC1CCN(CC2CCCCC2)C(C)C1. The highest BCUT2D eigenvalue weighted by Gasteiger charge is 2.27. The molecule has 0 amide bonds. The van der Waals surface area contributed by atoms with Gasteiger partial charge in [0.2, 0.25) is 0 Å². The van der Waals surface area contributed by atoms with Crippen LogP contribution < -0.4 is 5.32 Å². The first-order valence-electron chi connectivity index (χ1n) is 7.77. The van der Waals surface area contributed by atoms with Crippen LogP contribution in [-0.4, -0.2) is 36.6 Å². The third-order valence-electron chi connectivity index (χ3n) is 4.72. The lowest BCUT2D eigenvalue weighted by Gasteiger charge is -2.40. The summed E-state index contributed by atoms with van der Waals surface area (Å²) in [6.07, 6.45) is 10.1. The number of nitrogens with zero attached hydrogens (tertiary/aromatic N) is 1. The second kappa shape index (κ2) is 6.75. The largest absolute Gasteiger partial charge is 0.314 e. The summed E-state index contributed by atoms with van der Waals surface area (Å²) in [7, 11) is 0. The summed E-state index contributed by atoms with van der Waals surface area (Å²) in [4.78, 5) is 2.75. The van der Waals surface area contributed by atoms with Crippen LogP contribution in [0.2, 0.25) is 0 Å². The molecule has 2 unspecified atom stereocenters. The zero-order valence-corrected chi connectivity index (χ0v) is 11.8. The Bertz CT molecular complexity index is 211. The van der Waals surface area contributed by atoms with Gasteiger partial charge in [0.25, 0.3) is 0 Å². The van der Waals surface area contributed by atoms with E-state index in [-0.39, 0.29) is 0 Å². The maximum absolute atomic E-state index is 3.61. The summed E-state index contributed by atoms with van der Waals surface area (Å²) in [6.45, 7) is 8.46. The molecule has 1 aliphatic carbocycles. The molecule has 2 atom stereocenters. The van der Waals surface area contributed by atoms with Crippen LogP contribution in [-0.2, 0) is 0 Å². The molecule has 1 heterocycles. The quantitative estimate of drug-likeness (QED) is 0.810. The molecule has 0 aromatic carbocycles. The van der Waals surface area contributed by atoms with Crippen molar-refractivity contribution in [1.82, 2.24) is 10.2 Å². The Morgan fingerprint density at radius 1 is 1.12 bits per heavy atom. The average molecular weight is 238 g/mol. The highest BCUT2D eigenvalue weighted by Crippen LogP contribution is 2.27. The van der Waals surface area contributed by atoms with Crippen molar-refractivity contribution in [3.05, 3.63) is 0 Å². The summed E-state index contributed by atoms with van der Waals surface area (Å²) in [5, 5.41) is 3.61. The van der Waals surface area contributed by atoms with Crippen LogP contribution >= 0.6 is 0 Å². The smallest absolute Gasteiger partial charge is 0.00939 e. The molecule has 1 saturated carbocycles. The lowest BCUT2D eigenvalue weighted by Crippen LogP contribution is -2.48. The average Bonchev–Trinajstić information content (AvgIpc) is 2.34. The molecule has 0 radical (unpaired) electrons. The van der Waals surface area contributed by atoms with E-state index in [1.807, 2.05) is 0 Å². The summed E-state index contributed by atoms with van der Waals surface area (Å²) in [6, 6.07) is 1.56. The molecule has 1 N–H and O–H groups in total.